The molecule has 1 fully saturated rings. The maximum atomic E-state index is 12.2. The first kappa shape index (κ1) is 12.3. The Hall–Kier alpha value is -1.15. The number of hydrogen-bond donors (Lipinski definition) is 0. The Kier molecular flexibility index (Phi) is 3.63. The highest BCUT2D eigenvalue weighted by atomic mass is 16.5. The average molecular weight is 232 g/mol. The average Bonchev–Trinajstić information content (AvgIpc) is 2.33. The number of benzene rings is 1. The zero-order chi connectivity index (χ0) is 12.3. The lowest BCUT2D eigenvalue weighted by atomic mass is 9.88. The summed E-state index contributed by atoms with van der Waals surface area (Å²) in [6.45, 7) is 4.70. The smallest absolute Gasteiger partial charge is 0.168 e. The van der Waals surface area contributed by atoms with Crippen LogP contribution in [0, 0.1) is 6.92 Å². The molecular weight excluding hydrogens is 212 g/mol. The number of ether oxygens (including phenoxy) is 1. The van der Waals surface area contributed by atoms with E-state index in [1.165, 1.54) is 5.56 Å². The summed E-state index contributed by atoms with van der Waals surface area (Å²) in [4.78, 5) is 12.2. The van der Waals surface area contributed by atoms with Crippen LogP contribution in [-0.2, 0) is 16.0 Å². The lowest BCUT2D eigenvalue weighted by Crippen LogP contribution is -2.42. The number of carbonyl (C=O) groups is 1. The molecule has 0 bridgehead atoms. The third-order valence-electron chi connectivity index (χ3n) is 3.54. The Labute approximate surface area is 103 Å². The second-order valence-corrected chi connectivity index (χ2v) is 5.12. The molecule has 0 saturated carbocycles. The monoisotopic (exact) mass is 232 g/mol. The summed E-state index contributed by atoms with van der Waals surface area (Å²) in [5, 5.41) is 0. The van der Waals surface area contributed by atoms with Crippen LogP contribution in [0.2, 0.25) is 0 Å². The van der Waals surface area contributed by atoms with Gasteiger partial charge in [-0.15, -0.1) is 0 Å². The number of carbonyl (C=O) groups excluding carboxylic acids is 1. The topological polar surface area (TPSA) is 26.3 Å². The predicted molar refractivity (Wildman–Crippen MR) is 68.1 cm³/mol. The van der Waals surface area contributed by atoms with Gasteiger partial charge in [0.15, 0.2) is 5.78 Å². The zero-order valence-electron chi connectivity index (χ0n) is 10.7. The molecule has 92 valence electrons. The van der Waals surface area contributed by atoms with E-state index < -0.39 is 5.60 Å². The highest BCUT2D eigenvalue weighted by molar-refractivity contribution is 5.88. The summed E-state index contributed by atoms with van der Waals surface area (Å²) >= 11 is 0. The summed E-state index contributed by atoms with van der Waals surface area (Å²) in [7, 11) is 0. The van der Waals surface area contributed by atoms with Gasteiger partial charge in [-0.3, -0.25) is 4.79 Å². The van der Waals surface area contributed by atoms with E-state index in [0.29, 0.717) is 6.42 Å². The SMILES string of the molecule is Cc1ccc(CC(=O)C2(C)CCCCO2)cc1. The Balaban J connectivity index is 2.03. The van der Waals surface area contributed by atoms with Crippen molar-refractivity contribution in [2.75, 3.05) is 6.61 Å². The van der Waals surface area contributed by atoms with Crippen molar-refractivity contribution in [3.8, 4) is 0 Å². The molecule has 1 unspecified atom stereocenters. The minimum atomic E-state index is -0.552. The Morgan fingerprint density at radius 2 is 2.00 bits per heavy atom. The van der Waals surface area contributed by atoms with Crippen LogP contribution in [0.1, 0.15) is 37.3 Å². The van der Waals surface area contributed by atoms with Crippen LogP contribution in [0.5, 0.6) is 0 Å². The van der Waals surface area contributed by atoms with Crippen molar-refractivity contribution in [2.45, 2.75) is 45.1 Å². The quantitative estimate of drug-likeness (QED) is 0.800. The summed E-state index contributed by atoms with van der Waals surface area (Å²) in [6, 6.07) is 8.15. The normalized spacial score (nSPS) is 24.6. The van der Waals surface area contributed by atoms with Gasteiger partial charge in [0.05, 0.1) is 0 Å². The fourth-order valence-corrected chi connectivity index (χ4v) is 2.23. The van der Waals surface area contributed by atoms with Gasteiger partial charge in [0.2, 0.25) is 0 Å². The standard InChI is InChI=1S/C15H20O2/c1-12-5-7-13(8-6-12)11-14(16)15(2)9-3-4-10-17-15/h5-8H,3-4,9-11H2,1-2H3. The van der Waals surface area contributed by atoms with Crippen LogP contribution in [0.3, 0.4) is 0 Å². The van der Waals surface area contributed by atoms with E-state index >= 15 is 0 Å². The summed E-state index contributed by atoms with van der Waals surface area (Å²) < 4.78 is 5.67. The molecule has 1 aliphatic rings. The second-order valence-electron chi connectivity index (χ2n) is 5.12. The van der Waals surface area contributed by atoms with Gasteiger partial charge >= 0.3 is 0 Å². The van der Waals surface area contributed by atoms with E-state index in [0.717, 1.165) is 31.4 Å². The number of Topliss-reactive ketones (excluding diaryl/α,β-unsaturated/α-hetero) is 1. The molecule has 0 N–H and O–H groups in total. The largest absolute Gasteiger partial charge is 0.367 e. The van der Waals surface area contributed by atoms with E-state index in [4.69, 9.17) is 4.74 Å². The van der Waals surface area contributed by atoms with Gasteiger partial charge in [0.25, 0.3) is 0 Å². The van der Waals surface area contributed by atoms with Crippen molar-refractivity contribution in [1.82, 2.24) is 0 Å². The molecule has 1 aliphatic heterocycles. The molecule has 0 spiro atoms. The molecule has 1 heterocycles. The van der Waals surface area contributed by atoms with Gasteiger partial charge in [-0.2, -0.15) is 0 Å². The Bertz CT molecular complexity index is 386. The number of rotatable bonds is 3. The van der Waals surface area contributed by atoms with Gasteiger partial charge in [0.1, 0.15) is 5.60 Å². The molecule has 1 aromatic rings. The fraction of sp³-hybridized carbons (Fsp3) is 0.533. The van der Waals surface area contributed by atoms with Crippen LogP contribution >= 0.6 is 0 Å². The van der Waals surface area contributed by atoms with E-state index in [1.807, 2.05) is 31.2 Å². The van der Waals surface area contributed by atoms with Crippen molar-refractivity contribution in [3.05, 3.63) is 35.4 Å². The number of hydrogen-bond acceptors (Lipinski definition) is 2. The Morgan fingerprint density at radius 1 is 1.29 bits per heavy atom. The molecule has 2 heteroatoms. The van der Waals surface area contributed by atoms with Crippen LogP contribution in [0.15, 0.2) is 24.3 Å². The van der Waals surface area contributed by atoms with Crippen LogP contribution < -0.4 is 0 Å². The van der Waals surface area contributed by atoms with Crippen LogP contribution in [-0.4, -0.2) is 18.0 Å². The van der Waals surface area contributed by atoms with Crippen molar-refractivity contribution in [3.63, 3.8) is 0 Å². The summed E-state index contributed by atoms with van der Waals surface area (Å²) in [6.07, 6.45) is 3.51. The van der Waals surface area contributed by atoms with Crippen LogP contribution in [0.4, 0.5) is 0 Å². The molecule has 0 radical (unpaired) electrons. The maximum Gasteiger partial charge on any atom is 0.168 e. The lowest BCUT2D eigenvalue weighted by Gasteiger charge is -2.32. The van der Waals surface area contributed by atoms with Crippen molar-refractivity contribution in [1.29, 1.82) is 0 Å². The number of ketones is 1. The minimum absolute atomic E-state index is 0.209. The summed E-state index contributed by atoms with van der Waals surface area (Å²) in [5.41, 5.74) is 1.75. The number of aryl methyl sites for hydroxylation is 1. The van der Waals surface area contributed by atoms with Gasteiger partial charge < -0.3 is 4.74 Å². The molecule has 2 nitrogen and oxygen atoms in total. The minimum Gasteiger partial charge on any atom is -0.367 e. The predicted octanol–water partition coefficient (Wildman–Crippen LogP) is 3.07. The van der Waals surface area contributed by atoms with E-state index in [-0.39, 0.29) is 5.78 Å². The molecule has 2 rings (SSSR count). The van der Waals surface area contributed by atoms with E-state index in [1.54, 1.807) is 0 Å². The van der Waals surface area contributed by atoms with Crippen LogP contribution in [0.25, 0.3) is 0 Å². The fourth-order valence-electron chi connectivity index (χ4n) is 2.23. The molecule has 1 atom stereocenters. The highest BCUT2D eigenvalue weighted by Gasteiger charge is 2.35. The van der Waals surface area contributed by atoms with E-state index in [2.05, 4.69) is 6.92 Å². The molecule has 17 heavy (non-hydrogen) atoms. The third kappa shape index (κ3) is 2.95. The van der Waals surface area contributed by atoms with Crippen molar-refractivity contribution in [2.24, 2.45) is 0 Å². The molecule has 0 aliphatic carbocycles. The molecule has 0 amide bonds. The Morgan fingerprint density at radius 3 is 2.59 bits per heavy atom. The van der Waals surface area contributed by atoms with Gasteiger partial charge in [-0.25, -0.2) is 0 Å². The maximum absolute atomic E-state index is 12.2. The van der Waals surface area contributed by atoms with Gasteiger partial charge in [-0.1, -0.05) is 29.8 Å². The van der Waals surface area contributed by atoms with Crippen molar-refractivity contribution < 1.29 is 9.53 Å². The first-order chi connectivity index (χ1) is 8.10. The lowest BCUT2D eigenvalue weighted by molar-refractivity contribution is -0.147. The first-order valence-electron chi connectivity index (χ1n) is 6.33. The zero-order valence-corrected chi connectivity index (χ0v) is 10.7. The summed E-state index contributed by atoms with van der Waals surface area (Å²) in [5.74, 6) is 0.209. The highest BCUT2D eigenvalue weighted by Crippen LogP contribution is 2.26. The molecule has 1 aromatic carbocycles. The third-order valence-corrected chi connectivity index (χ3v) is 3.54. The molecule has 1 saturated heterocycles. The van der Waals surface area contributed by atoms with Gasteiger partial charge in [0, 0.05) is 13.0 Å². The molecule has 0 aromatic heterocycles. The van der Waals surface area contributed by atoms with Crippen molar-refractivity contribution >= 4 is 5.78 Å². The first-order valence-corrected chi connectivity index (χ1v) is 6.33. The van der Waals surface area contributed by atoms with Gasteiger partial charge in [-0.05, 0) is 38.7 Å². The molecular formula is C15H20O2. The van der Waals surface area contributed by atoms with E-state index in [9.17, 15) is 4.79 Å². The second kappa shape index (κ2) is 5.01.